The SMILES string of the molecule is Cc1cc(C)cc(C(O)C2CCCNC2)c1. The Morgan fingerprint density at radius 2 is 1.94 bits per heavy atom. The van der Waals surface area contributed by atoms with Crippen LogP contribution in [0.4, 0.5) is 0 Å². The average molecular weight is 219 g/mol. The maximum atomic E-state index is 10.4. The molecule has 2 nitrogen and oxygen atoms in total. The number of nitrogens with one attached hydrogen (secondary N) is 1. The van der Waals surface area contributed by atoms with Crippen molar-refractivity contribution in [3.05, 3.63) is 34.9 Å². The van der Waals surface area contributed by atoms with Crippen LogP contribution >= 0.6 is 0 Å². The molecule has 2 rings (SSSR count). The van der Waals surface area contributed by atoms with Crippen molar-refractivity contribution in [3.8, 4) is 0 Å². The van der Waals surface area contributed by atoms with E-state index in [1.165, 1.54) is 17.5 Å². The summed E-state index contributed by atoms with van der Waals surface area (Å²) in [5, 5.41) is 13.7. The highest BCUT2D eigenvalue weighted by Gasteiger charge is 2.22. The minimum Gasteiger partial charge on any atom is -0.388 e. The summed E-state index contributed by atoms with van der Waals surface area (Å²) in [6.07, 6.45) is 1.99. The predicted octanol–water partition coefficient (Wildman–Crippen LogP) is 2.34. The molecule has 0 spiro atoms. The van der Waals surface area contributed by atoms with E-state index < -0.39 is 0 Å². The fraction of sp³-hybridized carbons (Fsp3) is 0.571. The van der Waals surface area contributed by atoms with Crippen LogP contribution in [-0.2, 0) is 0 Å². The van der Waals surface area contributed by atoms with E-state index in [4.69, 9.17) is 0 Å². The fourth-order valence-electron chi connectivity index (χ4n) is 2.60. The minimum absolute atomic E-state index is 0.314. The van der Waals surface area contributed by atoms with Crippen LogP contribution in [0.3, 0.4) is 0 Å². The third-order valence-corrected chi connectivity index (χ3v) is 3.37. The third kappa shape index (κ3) is 2.63. The van der Waals surface area contributed by atoms with Gasteiger partial charge in [0.2, 0.25) is 0 Å². The number of rotatable bonds is 2. The first-order valence-electron chi connectivity index (χ1n) is 6.14. The molecular formula is C14H21NO. The molecule has 0 aliphatic carbocycles. The molecule has 2 N–H and O–H groups in total. The topological polar surface area (TPSA) is 32.3 Å². The summed E-state index contributed by atoms with van der Waals surface area (Å²) >= 11 is 0. The number of benzene rings is 1. The molecule has 16 heavy (non-hydrogen) atoms. The van der Waals surface area contributed by atoms with E-state index in [1.54, 1.807) is 0 Å². The van der Waals surface area contributed by atoms with Crippen LogP contribution in [0.1, 0.15) is 35.6 Å². The van der Waals surface area contributed by atoms with Crippen molar-refractivity contribution >= 4 is 0 Å². The zero-order chi connectivity index (χ0) is 11.5. The molecule has 0 aromatic heterocycles. The highest BCUT2D eigenvalue weighted by atomic mass is 16.3. The first-order valence-corrected chi connectivity index (χ1v) is 6.14. The Morgan fingerprint density at radius 1 is 1.25 bits per heavy atom. The van der Waals surface area contributed by atoms with Crippen molar-refractivity contribution in [1.29, 1.82) is 0 Å². The molecule has 1 aromatic carbocycles. The lowest BCUT2D eigenvalue weighted by molar-refractivity contribution is 0.0921. The van der Waals surface area contributed by atoms with Gasteiger partial charge in [-0.25, -0.2) is 0 Å². The molecule has 1 aromatic rings. The van der Waals surface area contributed by atoms with Crippen molar-refractivity contribution in [2.24, 2.45) is 5.92 Å². The van der Waals surface area contributed by atoms with E-state index in [2.05, 4.69) is 37.4 Å². The van der Waals surface area contributed by atoms with E-state index in [0.29, 0.717) is 5.92 Å². The second kappa shape index (κ2) is 4.98. The largest absolute Gasteiger partial charge is 0.388 e. The first kappa shape index (κ1) is 11.6. The number of aliphatic hydroxyl groups is 1. The minimum atomic E-state index is -0.314. The van der Waals surface area contributed by atoms with Gasteiger partial charge in [0.15, 0.2) is 0 Å². The Bertz CT molecular complexity index is 336. The van der Waals surface area contributed by atoms with Crippen molar-refractivity contribution in [3.63, 3.8) is 0 Å². The van der Waals surface area contributed by atoms with E-state index in [-0.39, 0.29) is 6.10 Å². The molecule has 0 saturated carbocycles. The van der Waals surface area contributed by atoms with Crippen LogP contribution in [0, 0.1) is 19.8 Å². The molecule has 1 heterocycles. The van der Waals surface area contributed by atoms with Gasteiger partial charge in [0, 0.05) is 12.5 Å². The molecule has 0 bridgehead atoms. The standard InChI is InChI=1S/C14H21NO/c1-10-6-11(2)8-13(7-10)14(16)12-4-3-5-15-9-12/h6-8,12,14-16H,3-5,9H2,1-2H3. The molecule has 1 aliphatic rings. The third-order valence-electron chi connectivity index (χ3n) is 3.37. The second-order valence-corrected chi connectivity index (χ2v) is 4.97. The zero-order valence-electron chi connectivity index (χ0n) is 10.2. The number of hydrogen-bond donors (Lipinski definition) is 2. The summed E-state index contributed by atoms with van der Waals surface area (Å²) in [4.78, 5) is 0. The molecule has 0 radical (unpaired) electrons. The number of piperidine rings is 1. The quantitative estimate of drug-likeness (QED) is 0.800. The Labute approximate surface area is 97.7 Å². The molecule has 1 fully saturated rings. The number of aliphatic hydroxyl groups excluding tert-OH is 1. The predicted molar refractivity (Wildman–Crippen MR) is 66.5 cm³/mol. The van der Waals surface area contributed by atoms with Crippen LogP contribution in [-0.4, -0.2) is 18.2 Å². The summed E-state index contributed by atoms with van der Waals surface area (Å²) in [6.45, 7) is 6.20. The highest BCUT2D eigenvalue weighted by molar-refractivity contribution is 5.30. The average Bonchev–Trinajstić information content (AvgIpc) is 2.28. The number of hydrogen-bond acceptors (Lipinski definition) is 2. The fourth-order valence-corrected chi connectivity index (χ4v) is 2.60. The second-order valence-electron chi connectivity index (χ2n) is 4.97. The maximum Gasteiger partial charge on any atom is 0.0830 e. The van der Waals surface area contributed by atoms with Gasteiger partial charge in [-0.05, 0) is 38.8 Å². The summed E-state index contributed by atoms with van der Waals surface area (Å²) in [6, 6.07) is 6.36. The molecule has 88 valence electrons. The molecule has 2 atom stereocenters. The van der Waals surface area contributed by atoms with Gasteiger partial charge in [0.1, 0.15) is 0 Å². The van der Waals surface area contributed by atoms with E-state index in [9.17, 15) is 5.11 Å². The van der Waals surface area contributed by atoms with Gasteiger partial charge in [-0.15, -0.1) is 0 Å². The van der Waals surface area contributed by atoms with Gasteiger partial charge < -0.3 is 10.4 Å². The van der Waals surface area contributed by atoms with Crippen molar-refractivity contribution in [2.75, 3.05) is 13.1 Å². The van der Waals surface area contributed by atoms with Crippen LogP contribution < -0.4 is 5.32 Å². The first-order chi connectivity index (χ1) is 7.66. The molecule has 2 heteroatoms. The van der Waals surface area contributed by atoms with Crippen molar-refractivity contribution in [2.45, 2.75) is 32.8 Å². The summed E-state index contributed by atoms with van der Waals surface area (Å²) < 4.78 is 0. The Hall–Kier alpha value is -0.860. The normalized spacial score (nSPS) is 23.1. The van der Waals surface area contributed by atoms with E-state index in [1.807, 2.05) is 0 Å². The van der Waals surface area contributed by atoms with E-state index in [0.717, 1.165) is 25.1 Å². The van der Waals surface area contributed by atoms with Crippen LogP contribution in [0.25, 0.3) is 0 Å². The van der Waals surface area contributed by atoms with Gasteiger partial charge >= 0.3 is 0 Å². The zero-order valence-corrected chi connectivity index (χ0v) is 10.2. The van der Waals surface area contributed by atoms with Crippen LogP contribution in [0.5, 0.6) is 0 Å². The molecule has 0 amide bonds. The van der Waals surface area contributed by atoms with Crippen LogP contribution in [0.15, 0.2) is 18.2 Å². The smallest absolute Gasteiger partial charge is 0.0830 e. The van der Waals surface area contributed by atoms with Gasteiger partial charge in [-0.1, -0.05) is 29.3 Å². The summed E-state index contributed by atoms with van der Waals surface area (Å²) in [7, 11) is 0. The maximum absolute atomic E-state index is 10.4. The Morgan fingerprint density at radius 3 is 2.50 bits per heavy atom. The lowest BCUT2D eigenvalue weighted by Gasteiger charge is -2.28. The lowest BCUT2D eigenvalue weighted by atomic mass is 9.88. The molecular weight excluding hydrogens is 198 g/mol. The van der Waals surface area contributed by atoms with Gasteiger partial charge in [0.25, 0.3) is 0 Å². The summed E-state index contributed by atoms with van der Waals surface area (Å²) in [5.74, 6) is 0.370. The van der Waals surface area contributed by atoms with Crippen molar-refractivity contribution in [1.82, 2.24) is 5.32 Å². The van der Waals surface area contributed by atoms with Gasteiger partial charge in [0.05, 0.1) is 6.10 Å². The van der Waals surface area contributed by atoms with E-state index >= 15 is 0 Å². The number of aryl methyl sites for hydroxylation is 2. The monoisotopic (exact) mass is 219 g/mol. The summed E-state index contributed by atoms with van der Waals surface area (Å²) in [5.41, 5.74) is 3.54. The van der Waals surface area contributed by atoms with Crippen LogP contribution in [0.2, 0.25) is 0 Å². The lowest BCUT2D eigenvalue weighted by Crippen LogP contribution is -2.33. The molecule has 2 unspecified atom stereocenters. The molecule has 1 aliphatic heterocycles. The highest BCUT2D eigenvalue weighted by Crippen LogP contribution is 2.28. The van der Waals surface area contributed by atoms with Gasteiger partial charge in [-0.2, -0.15) is 0 Å². The molecule has 1 saturated heterocycles. The Kier molecular flexibility index (Phi) is 3.62. The Balaban J connectivity index is 2.15. The van der Waals surface area contributed by atoms with Gasteiger partial charge in [-0.3, -0.25) is 0 Å². The van der Waals surface area contributed by atoms with Crippen molar-refractivity contribution < 1.29 is 5.11 Å².